The van der Waals surface area contributed by atoms with Crippen molar-refractivity contribution >= 4 is 5.91 Å². The molecule has 2 aliphatic rings. The Hall–Kier alpha value is -1.40. The van der Waals surface area contributed by atoms with E-state index < -0.39 is 0 Å². The van der Waals surface area contributed by atoms with Gasteiger partial charge in [0.15, 0.2) is 0 Å². The fourth-order valence-corrected chi connectivity index (χ4v) is 3.53. The quantitative estimate of drug-likeness (QED) is 0.834. The topological polar surface area (TPSA) is 50.6 Å². The highest BCUT2D eigenvalue weighted by atomic mass is 16.5. The summed E-state index contributed by atoms with van der Waals surface area (Å²) in [4.78, 5) is 17.3. The molecule has 0 aliphatic carbocycles. The summed E-state index contributed by atoms with van der Waals surface area (Å²) in [7, 11) is 1.96. The molecule has 0 unspecified atom stereocenters. The lowest BCUT2D eigenvalue weighted by Crippen LogP contribution is -2.56. The monoisotopic (exact) mass is 306 g/mol. The highest BCUT2D eigenvalue weighted by Crippen LogP contribution is 2.33. The van der Waals surface area contributed by atoms with Gasteiger partial charge >= 0.3 is 0 Å². The first kappa shape index (κ1) is 15.5. The standard InChI is InChI=1S/C16H26N4O2/c1-13-14(11-17-18(13)3)12-20-6-4-5-16(20,2)15(21)19-7-9-22-10-8-19/h11H,4-10,12H2,1-3H3/t16-/m1/s1. The zero-order valence-corrected chi connectivity index (χ0v) is 13.8. The summed E-state index contributed by atoms with van der Waals surface area (Å²) < 4.78 is 7.26. The molecule has 0 bridgehead atoms. The van der Waals surface area contributed by atoms with Crippen LogP contribution in [0.2, 0.25) is 0 Å². The second-order valence-corrected chi connectivity index (χ2v) is 6.58. The number of hydrogen-bond donors (Lipinski definition) is 0. The molecular formula is C16H26N4O2. The largest absolute Gasteiger partial charge is 0.378 e. The van der Waals surface area contributed by atoms with Crippen molar-refractivity contribution in [1.82, 2.24) is 19.6 Å². The number of aryl methyl sites for hydroxylation is 1. The van der Waals surface area contributed by atoms with E-state index in [0.29, 0.717) is 26.3 Å². The molecule has 0 radical (unpaired) electrons. The average molecular weight is 306 g/mol. The maximum absolute atomic E-state index is 13.0. The van der Waals surface area contributed by atoms with Crippen molar-refractivity contribution in [3.63, 3.8) is 0 Å². The van der Waals surface area contributed by atoms with E-state index in [1.165, 1.54) is 11.3 Å². The molecular weight excluding hydrogens is 280 g/mol. The third-order valence-corrected chi connectivity index (χ3v) is 5.25. The molecule has 2 aliphatic heterocycles. The van der Waals surface area contributed by atoms with Gasteiger partial charge in [-0.3, -0.25) is 14.4 Å². The van der Waals surface area contributed by atoms with Crippen LogP contribution in [0.1, 0.15) is 31.0 Å². The van der Waals surface area contributed by atoms with Crippen LogP contribution in [0, 0.1) is 6.92 Å². The molecule has 0 saturated carbocycles. The maximum atomic E-state index is 13.0. The molecule has 1 amide bonds. The molecule has 0 N–H and O–H groups in total. The molecule has 3 rings (SSSR count). The van der Waals surface area contributed by atoms with Crippen molar-refractivity contribution in [2.75, 3.05) is 32.8 Å². The van der Waals surface area contributed by atoms with E-state index in [-0.39, 0.29) is 11.4 Å². The third-order valence-electron chi connectivity index (χ3n) is 5.25. The van der Waals surface area contributed by atoms with E-state index in [1.54, 1.807) is 0 Å². The lowest BCUT2D eigenvalue weighted by Gasteiger charge is -2.39. The Labute approximate surface area is 132 Å². The second-order valence-electron chi connectivity index (χ2n) is 6.58. The first-order valence-electron chi connectivity index (χ1n) is 8.12. The van der Waals surface area contributed by atoms with Crippen molar-refractivity contribution in [2.45, 2.75) is 38.8 Å². The number of carbonyl (C=O) groups excluding carboxylic acids is 1. The van der Waals surface area contributed by atoms with Gasteiger partial charge in [0.1, 0.15) is 0 Å². The first-order valence-corrected chi connectivity index (χ1v) is 8.12. The molecule has 22 heavy (non-hydrogen) atoms. The van der Waals surface area contributed by atoms with Crippen LogP contribution in [0.4, 0.5) is 0 Å². The Bertz CT molecular complexity index is 550. The Balaban J connectivity index is 1.76. The summed E-state index contributed by atoms with van der Waals surface area (Å²) in [6.07, 6.45) is 3.93. The van der Waals surface area contributed by atoms with E-state index in [2.05, 4.69) is 23.8 Å². The van der Waals surface area contributed by atoms with Gasteiger partial charge < -0.3 is 9.64 Å². The Kier molecular flexibility index (Phi) is 4.23. The number of amides is 1. The predicted octanol–water partition coefficient (Wildman–Crippen LogP) is 0.942. The van der Waals surface area contributed by atoms with E-state index >= 15 is 0 Å². The highest BCUT2D eigenvalue weighted by molar-refractivity contribution is 5.86. The Morgan fingerprint density at radius 1 is 1.36 bits per heavy atom. The lowest BCUT2D eigenvalue weighted by atomic mass is 9.96. The van der Waals surface area contributed by atoms with Crippen molar-refractivity contribution in [1.29, 1.82) is 0 Å². The minimum atomic E-state index is -0.389. The third kappa shape index (κ3) is 2.65. The highest BCUT2D eigenvalue weighted by Gasteiger charge is 2.45. The second kappa shape index (κ2) is 6.01. The molecule has 6 nitrogen and oxygen atoms in total. The van der Waals surface area contributed by atoms with E-state index in [9.17, 15) is 4.79 Å². The Morgan fingerprint density at radius 3 is 2.73 bits per heavy atom. The number of morpholine rings is 1. The van der Waals surface area contributed by atoms with Crippen LogP contribution >= 0.6 is 0 Å². The van der Waals surface area contributed by atoms with Gasteiger partial charge in [0, 0.05) is 37.9 Å². The maximum Gasteiger partial charge on any atom is 0.242 e. The number of likely N-dealkylation sites (tertiary alicyclic amines) is 1. The number of ether oxygens (including phenoxy) is 1. The molecule has 2 fully saturated rings. The first-order chi connectivity index (χ1) is 10.5. The molecule has 6 heteroatoms. The number of nitrogens with zero attached hydrogens (tertiary/aromatic N) is 4. The van der Waals surface area contributed by atoms with Crippen LogP contribution < -0.4 is 0 Å². The molecule has 2 saturated heterocycles. The minimum absolute atomic E-state index is 0.259. The van der Waals surface area contributed by atoms with Gasteiger partial charge in [-0.1, -0.05) is 0 Å². The fourth-order valence-electron chi connectivity index (χ4n) is 3.53. The predicted molar refractivity (Wildman–Crippen MR) is 83.4 cm³/mol. The van der Waals surface area contributed by atoms with Crippen LogP contribution in [0.3, 0.4) is 0 Å². The molecule has 0 spiro atoms. The number of hydrogen-bond acceptors (Lipinski definition) is 4. The van der Waals surface area contributed by atoms with Crippen LogP contribution in [-0.4, -0.2) is 63.9 Å². The van der Waals surface area contributed by atoms with E-state index in [4.69, 9.17) is 4.74 Å². The fraction of sp³-hybridized carbons (Fsp3) is 0.750. The minimum Gasteiger partial charge on any atom is -0.378 e. The summed E-state index contributed by atoms with van der Waals surface area (Å²) in [6, 6.07) is 0. The van der Waals surface area contributed by atoms with Gasteiger partial charge in [-0.05, 0) is 33.2 Å². The van der Waals surface area contributed by atoms with Crippen LogP contribution in [0.5, 0.6) is 0 Å². The summed E-state index contributed by atoms with van der Waals surface area (Å²) in [5, 5.41) is 4.32. The smallest absolute Gasteiger partial charge is 0.242 e. The van der Waals surface area contributed by atoms with Crippen LogP contribution in [0.25, 0.3) is 0 Å². The van der Waals surface area contributed by atoms with E-state index in [1.807, 2.05) is 22.8 Å². The molecule has 0 aromatic carbocycles. The van der Waals surface area contributed by atoms with Gasteiger partial charge in [-0.15, -0.1) is 0 Å². The van der Waals surface area contributed by atoms with Crippen molar-refractivity contribution in [3.05, 3.63) is 17.5 Å². The molecule has 3 heterocycles. The van der Waals surface area contributed by atoms with Crippen LogP contribution in [0.15, 0.2) is 6.20 Å². The SMILES string of the molecule is Cc1c(CN2CCC[C@]2(C)C(=O)N2CCOCC2)cnn1C. The molecule has 1 aromatic heterocycles. The van der Waals surface area contributed by atoms with E-state index in [0.717, 1.165) is 25.9 Å². The summed E-state index contributed by atoms with van der Waals surface area (Å²) in [5.74, 6) is 0.259. The Morgan fingerprint density at radius 2 is 2.09 bits per heavy atom. The van der Waals surface area contributed by atoms with Gasteiger partial charge in [0.25, 0.3) is 0 Å². The van der Waals surface area contributed by atoms with Crippen molar-refractivity contribution < 1.29 is 9.53 Å². The molecule has 122 valence electrons. The normalized spacial score (nSPS) is 26.6. The number of rotatable bonds is 3. The average Bonchev–Trinajstić information content (AvgIpc) is 3.06. The number of carbonyl (C=O) groups is 1. The van der Waals surface area contributed by atoms with Gasteiger partial charge in [0.2, 0.25) is 5.91 Å². The zero-order chi connectivity index (χ0) is 15.7. The molecule has 1 aromatic rings. The molecule has 1 atom stereocenters. The zero-order valence-electron chi connectivity index (χ0n) is 13.8. The van der Waals surface area contributed by atoms with Crippen molar-refractivity contribution in [2.24, 2.45) is 7.05 Å². The van der Waals surface area contributed by atoms with Gasteiger partial charge in [0.05, 0.1) is 24.9 Å². The summed E-state index contributed by atoms with van der Waals surface area (Å²) >= 11 is 0. The summed E-state index contributed by atoms with van der Waals surface area (Å²) in [5.41, 5.74) is 2.00. The summed E-state index contributed by atoms with van der Waals surface area (Å²) in [6.45, 7) is 8.70. The van der Waals surface area contributed by atoms with Gasteiger partial charge in [-0.25, -0.2) is 0 Å². The van der Waals surface area contributed by atoms with Gasteiger partial charge in [-0.2, -0.15) is 5.10 Å². The van der Waals surface area contributed by atoms with Crippen molar-refractivity contribution in [3.8, 4) is 0 Å². The number of aromatic nitrogens is 2. The lowest BCUT2D eigenvalue weighted by molar-refractivity contribution is -0.146. The van der Waals surface area contributed by atoms with Crippen LogP contribution in [-0.2, 0) is 23.1 Å².